The van der Waals surface area contributed by atoms with Crippen LogP contribution >= 0.6 is 23.2 Å². The van der Waals surface area contributed by atoms with Crippen LogP contribution in [0.15, 0.2) is 66.9 Å². The number of nitrogens with zero attached hydrogens (tertiary/aromatic N) is 4. The minimum Gasteiger partial charge on any atom is -0.333 e. The van der Waals surface area contributed by atoms with E-state index < -0.39 is 5.82 Å². The lowest BCUT2D eigenvalue weighted by molar-refractivity contribution is -0.0159. The molecule has 0 spiro atoms. The molecule has 5 nitrogen and oxygen atoms in total. The molecule has 0 radical (unpaired) electrons. The number of fused-ring (bicyclic) bond motifs is 4. The van der Waals surface area contributed by atoms with Crippen LogP contribution < -0.4 is 0 Å². The molecule has 4 aromatic rings. The van der Waals surface area contributed by atoms with Gasteiger partial charge in [-0.15, -0.1) is 0 Å². The third kappa shape index (κ3) is 4.10. The number of imidazole rings is 1. The minimum absolute atomic E-state index is 0.0602. The maximum atomic E-state index is 13.8. The third-order valence-electron chi connectivity index (χ3n) is 7.16. The van der Waals surface area contributed by atoms with Gasteiger partial charge in [0.1, 0.15) is 11.5 Å². The Kier molecular flexibility index (Phi) is 5.75. The van der Waals surface area contributed by atoms with Gasteiger partial charge in [-0.3, -0.25) is 9.69 Å². The second kappa shape index (κ2) is 8.94. The summed E-state index contributed by atoms with van der Waals surface area (Å²) >= 11 is 12.4. The van der Waals surface area contributed by atoms with Gasteiger partial charge in [0.25, 0.3) is 5.91 Å². The second-order valence-corrected chi connectivity index (χ2v) is 10.1. The normalized spacial score (nSPS) is 20.0. The molecule has 2 unspecified atom stereocenters. The second-order valence-electron chi connectivity index (χ2n) is 9.24. The Morgan fingerprint density at radius 1 is 1.00 bits per heavy atom. The number of piperazine rings is 1. The fraction of sp³-hybridized carbons (Fsp3) is 0.259. The first-order chi connectivity index (χ1) is 17.0. The standard InChI is InChI=1S/C27H23Cl2FN4O/c28-18-6-4-17(5-7-18)26-24(33-12-2-1-3-25(33)31-26)16-32-14-21-10-9-20(32)15-34(21)27(35)22-13-19(30)8-11-23(22)29/h1-8,11-13,20-21H,9-10,14-16H2. The molecule has 3 aliphatic heterocycles. The van der Waals surface area contributed by atoms with Crippen molar-refractivity contribution < 1.29 is 9.18 Å². The Labute approximate surface area is 212 Å². The van der Waals surface area contributed by atoms with Crippen LogP contribution in [0.1, 0.15) is 28.9 Å². The number of aromatic nitrogens is 2. The molecular weight excluding hydrogens is 486 g/mol. The number of rotatable bonds is 4. The molecule has 0 aliphatic carbocycles. The van der Waals surface area contributed by atoms with Crippen molar-refractivity contribution in [2.45, 2.75) is 31.5 Å². The van der Waals surface area contributed by atoms with E-state index in [1.54, 1.807) is 0 Å². The number of amides is 1. The van der Waals surface area contributed by atoms with Crippen LogP contribution in [0.4, 0.5) is 4.39 Å². The van der Waals surface area contributed by atoms with E-state index in [2.05, 4.69) is 9.30 Å². The molecule has 178 valence electrons. The first-order valence-electron chi connectivity index (χ1n) is 11.7. The summed E-state index contributed by atoms with van der Waals surface area (Å²) in [6.07, 6.45) is 3.98. The number of carbonyl (C=O) groups is 1. The lowest BCUT2D eigenvalue weighted by atomic mass is 9.89. The zero-order chi connectivity index (χ0) is 24.1. The van der Waals surface area contributed by atoms with E-state index in [9.17, 15) is 9.18 Å². The average Bonchev–Trinajstić information content (AvgIpc) is 3.24. The summed E-state index contributed by atoms with van der Waals surface area (Å²) in [5.74, 6) is -0.649. The predicted octanol–water partition coefficient (Wildman–Crippen LogP) is 5.94. The van der Waals surface area contributed by atoms with E-state index in [-0.39, 0.29) is 28.6 Å². The maximum absolute atomic E-state index is 13.8. The van der Waals surface area contributed by atoms with Crippen LogP contribution in [0.25, 0.3) is 16.9 Å². The SMILES string of the molecule is O=C(c1cc(F)ccc1Cl)N1CC2CCC1CN2Cc1c(-c2ccc(Cl)cc2)nc2ccccn12. The van der Waals surface area contributed by atoms with E-state index in [1.807, 2.05) is 53.6 Å². The molecule has 2 aromatic heterocycles. The summed E-state index contributed by atoms with van der Waals surface area (Å²) in [5, 5.41) is 0.976. The zero-order valence-electron chi connectivity index (χ0n) is 18.9. The van der Waals surface area contributed by atoms with Gasteiger partial charge in [0.15, 0.2) is 0 Å². The van der Waals surface area contributed by atoms with Gasteiger partial charge in [-0.1, -0.05) is 41.4 Å². The molecule has 8 heteroatoms. The van der Waals surface area contributed by atoms with Crippen LogP contribution in [0.3, 0.4) is 0 Å². The molecule has 7 rings (SSSR count). The smallest absolute Gasteiger partial charge is 0.255 e. The fourth-order valence-electron chi connectivity index (χ4n) is 5.40. The highest BCUT2D eigenvalue weighted by atomic mass is 35.5. The molecule has 2 atom stereocenters. The molecular formula is C27H23Cl2FN4O. The van der Waals surface area contributed by atoms with Crippen molar-refractivity contribution in [3.8, 4) is 11.3 Å². The van der Waals surface area contributed by atoms with Crippen molar-refractivity contribution in [3.63, 3.8) is 0 Å². The Hall–Kier alpha value is -2.93. The van der Waals surface area contributed by atoms with Gasteiger partial charge in [0, 0.05) is 48.5 Å². The van der Waals surface area contributed by atoms with Crippen molar-refractivity contribution in [1.82, 2.24) is 19.2 Å². The van der Waals surface area contributed by atoms with Crippen molar-refractivity contribution in [2.24, 2.45) is 0 Å². The van der Waals surface area contributed by atoms with Crippen LogP contribution in [-0.2, 0) is 6.54 Å². The Balaban J connectivity index is 1.29. The van der Waals surface area contributed by atoms with Gasteiger partial charge in [0.05, 0.1) is 22.0 Å². The van der Waals surface area contributed by atoms with E-state index in [0.717, 1.165) is 42.0 Å². The van der Waals surface area contributed by atoms with Crippen LogP contribution in [0.2, 0.25) is 10.0 Å². The molecule has 3 saturated heterocycles. The summed E-state index contributed by atoms with van der Waals surface area (Å²) < 4.78 is 16.0. The number of pyridine rings is 1. The van der Waals surface area contributed by atoms with Crippen LogP contribution in [0, 0.1) is 5.82 Å². The summed E-state index contributed by atoms with van der Waals surface area (Å²) in [6.45, 7) is 2.07. The van der Waals surface area contributed by atoms with Gasteiger partial charge in [-0.2, -0.15) is 0 Å². The molecule has 2 bridgehead atoms. The van der Waals surface area contributed by atoms with E-state index in [0.29, 0.717) is 18.1 Å². The first kappa shape index (κ1) is 22.5. The third-order valence-corrected chi connectivity index (χ3v) is 7.74. The molecule has 2 aromatic carbocycles. The van der Waals surface area contributed by atoms with Crippen LogP contribution in [0.5, 0.6) is 0 Å². The number of benzene rings is 2. The van der Waals surface area contributed by atoms with Crippen molar-refractivity contribution in [2.75, 3.05) is 13.1 Å². The number of hydrogen-bond donors (Lipinski definition) is 0. The Morgan fingerprint density at radius 2 is 1.80 bits per heavy atom. The molecule has 3 fully saturated rings. The van der Waals surface area contributed by atoms with Gasteiger partial charge < -0.3 is 9.30 Å². The number of hydrogen-bond acceptors (Lipinski definition) is 3. The lowest BCUT2D eigenvalue weighted by Gasteiger charge is -2.51. The summed E-state index contributed by atoms with van der Waals surface area (Å²) in [5.41, 5.74) is 4.20. The Bertz CT molecular complexity index is 1420. The topological polar surface area (TPSA) is 40.9 Å². The van der Waals surface area contributed by atoms with Gasteiger partial charge >= 0.3 is 0 Å². The van der Waals surface area contributed by atoms with Crippen molar-refractivity contribution in [3.05, 3.63) is 94.0 Å². The fourth-order valence-corrected chi connectivity index (χ4v) is 5.73. The van der Waals surface area contributed by atoms with Crippen molar-refractivity contribution >= 4 is 34.8 Å². The zero-order valence-corrected chi connectivity index (χ0v) is 20.4. The van der Waals surface area contributed by atoms with Crippen molar-refractivity contribution in [1.29, 1.82) is 0 Å². The van der Waals surface area contributed by atoms with E-state index in [4.69, 9.17) is 28.2 Å². The quantitative estimate of drug-likeness (QED) is 0.342. The summed E-state index contributed by atoms with van der Waals surface area (Å²) in [6, 6.07) is 18.0. The number of halogens is 3. The predicted molar refractivity (Wildman–Crippen MR) is 135 cm³/mol. The molecule has 0 N–H and O–H groups in total. The minimum atomic E-state index is -0.455. The summed E-state index contributed by atoms with van der Waals surface area (Å²) in [4.78, 5) is 22.5. The van der Waals surface area contributed by atoms with E-state index in [1.165, 1.54) is 18.2 Å². The molecule has 1 amide bonds. The molecule has 3 aliphatic rings. The number of piperidine rings is 2. The highest BCUT2D eigenvalue weighted by Crippen LogP contribution is 2.34. The molecule has 0 saturated carbocycles. The van der Waals surface area contributed by atoms with Crippen LogP contribution in [-0.4, -0.2) is 50.3 Å². The Morgan fingerprint density at radius 3 is 2.57 bits per heavy atom. The van der Waals surface area contributed by atoms with E-state index >= 15 is 0 Å². The largest absolute Gasteiger partial charge is 0.333 e. The first-order valence-corrected chi connectivity index (χ1v) is 12.5. The maximum Gasteiger partial charge on any atom is 0.255 e. The van der Waals surface area contributed by atoms with Gasteiger partial charge in [0.2, 0.25) is 0 Å². The monoisotopic (exact) mass is 508 g/mol. The number of carbonyl (C=O) groups excluding carboxylic acids is 1. The molecule has 35 heavy (non-hydrogen) atoms. The molecule has 5 heterocycles. The van der Waals surface area contributed by atoms with Gasteiger partial charge in [-0.25, -0.2) is 9.37 Å². The van der Waals surface area contributed by atoms with Gasteiger partial charge in [-0.05, 0) is 55.3 Å². The highest BCUT2D eigenvalue weighted by molar-refractivity contribution is 6.33. The average molecular weight is 509 g/mol. The summed E-state index contributed by atoms with van der Waals surface area (Å²) in [7, 11) is 0. The lowest BCUT2D eigenvalue weighted by Crippen LogP contribution is -2.63. The highest BCUT2D eigenvalue weighted by Gasteiger charge is 2.42.